The number of methoxy groups -OCH3 is 1. The van der Waals surface area contributed by atoms with E-state index >= 15 is 0 Å². The Morgan fingerprint density at radius 1 is 1.47 bits per heavy atom. The van der Waals surface area contributed by atoms with E-state index in [0.29, 0.717) is 19.0 Å². The number of hydrogen-bond donors (Lipinski definition) is 2. The summed E-state index contributed by atoms with van der Waals surface area (Å²) in [5.41, 5.74) is 0. The standard InChI is InChI=1S/C12H17N3O2/c1-17-11-4-2-3-10(15-11)13-7-8-14-12(16)9-5-6-9/h2-4,9H,5-8H2,1H3,(H,13,15)(H,14,16). The summed E-state index contributed by atoms with van der Waals surface area (Å²) < 4.78 is 5.02. The van der Waals surface area contributed by atoms with Crippen molar-refractivity contribution < 1.29 is 9.53 Å². The number of anilines is 1. The number of nitrogens with zero attached hydrogens (tertiary/aromatic N) is 1. The Hall–Kier alpha value is -1.78. The molecule has 1 aromatic rings. The molecule has 0 saturated heterocycles. The third kappa shape index (κ3) is 3.62. The van der Waals surface area contributed by atoms with Crippen molar-refractivity contribution >= 4 is 11.7 Å². The van der Waals surface area contributed by atoms with Gasteiger partial charge < -0.3 is 15.4 Å². The minimum absolute atomic E-state index is 0.172. The maximum Gasteiger partial charge on any atom is 0.223 e. The van der Waals surface area contributed by atoms with Crippen LogP contribution in [0.4, 0.5) is 5.82 Å². The topological polar surface area (TPSA) is 63.2 Å². The molecule has 0 aromatic carbocycles. The molecule has 1 aliphatic rings. The summed E-state index contributed by atoms with van der Waals surface area (Å²) in [5, 5.41) is 6.01. The normalized spacial score (nSPS) is 14.2. The molecule has 5 nitrogen and oxygen atoms in total. The highest BCUT2D eigenvalue weighted by Gasteiger charge is 2.28. The molecule has 1 fully saturated rings. The highest BCUT2D eigenvalue weighted by atomic mass is 16.5. The minimum atomic E-state index is 0.172. The molecular weight excluding hydrogens is 218 g/mol. The molecule has 0 atom stereocenters. The fourth-order valence-corrected chi connectivity index (χ4v) is 1.49. The van der Waals surface area contributed by atoms with E-state index in [9.17, 15) is 4.79 Å². The number of aromatic nitrogens is 1. The van der Waals surface area contributed by atoms with E-state index in [0.717, 1.165) is 18.7 Å². The van der Waals surface area contributed by atoms with E-state index in [-0.39, 0.29) is 11.8 Å². The van der Waals surface area contributed by atoms with Crippen molar-refractivity contribution in [2.75, 3.05) is 25.5 Å². The van der Waals surface area contributed by atoms with Gasteiger partial charge in [0.25, 0.3) is 0 Å². The molecule has 1 aromatic heterocycles. The Bertz CT molecular complexity index is 391. The number of nitrogens with one attached hydrogen (secondary N) is 2. The van der Waals surface area contributed by atoms with Gasteiger partial charge in [0, 0.05) is 25.1 Å². The van der Waals surface area contributed by atoms with Crippen LogP contribution in [0.2, 0.25) is 0 Å². The van der Waals surface area contributed by atoms with Gasteiger partial charge in [-0.15, -0.1) is 0 Å². The Morgan fingerprint density at radius 3 is 3.00 bits per heavy atom. The average Bonchev–Trinajstić information content (AvgIpc) is 3.19. The predicted molar refractivity (Wildman–Crippen MR) is 65.0 cm³/mol. The lowest BCUT2D eigenvalue weighted by atomic mass is 10.4. The molecule has 2 rings (SSSR count). The van der Waals surface area contributed by atoms with Crippen LogP contribution in [0, 0.1) is 5.92 Å². The molecule has 0 aliphatic heterocycles. The van der Waals surface area contributed by atoms with Crippen LogP contribution in [0.15, 0.2) is 18.2 Å². The van der Waals surface area contributed by atoms with E-state index < -0.39 is 0 Å². The van der Waals surface area contributed by atoms with Crippen molar-refractivity contribution in [3.8, 4) is 5.88 Å². The summed E-state index contributed by atoms with van der Waals surface area (Å²) in [6, 6.07) is 5.53. The molecule has 0 bridgehead atoms. The lowest BCUT2D eigenvalue weighted by molar-refractivity contribution is -0.122. The molecule has 5 heteroatoms. The molecule has 1 heterocycles. The molecule has 92 valence electrons. The van der Waals surface area contributed by atoms with Crippen LogP contribution in [0.3, 0.4) is 0 Å². The second-order valence-corrected chi connectivity index (χ2v) is 4.06. The van der Waals surface area contributed by atoms with Gasteiger partial charge in [-0.05, 0) is 18.9 Å². The molecular formula is C12H17N3O2. The Labute approximate surface area is 101 Å². The molecule has 17 heavy (non-hydrogen) atoms. The number of carbonyl (C=O) groups excluding carboxylic acids is 1. The largest absolute Gasteiger partial charge is 0.481 e. The number of hydrogen-bond acceptors (Lipinski definition) is 4. The Balaban J connectivity index is 1.68. The maximum absolute atomic E-state index is 11.3. The minimum Gasteiger partial charge on any atom is -0.481 e. The van der Waals surface area contributed by atoms with E-state index in [2.05, 4.69) is 15.6 Å². The SMILES string of the molecule is COc1cccc(NCCNC(=O)C2CC2)n1. The predicted octanol–water partition coefficient (Wildman–Crippen LogP) is 1.03. The zero-order valence-electron chi connectivity index (χ0n) is 9.90. The number of rotatable bonds is 6. The van der Waals surface area contributed by atoms with Gasteiger partial charge in [0.05, 0.1) is 7.11 Å². The zero-order chi connectivity index (χ0) is 12.1. The molecule has 0 unspecified atom stereocenters. The number of ether oxygens (including phenoxy) is 1. The third-order valence-corrected chi connectivity index (χ3v) is 2.61. The smallest absolute Gasteiger partial charge is 0.223 e. The van der Waals surface area contributed by atoms with Gasteiger partial charge in [-0.2, -0.15) is 4.98 Å². The van der Waals surface area contributed by atoms with Crippen LogP contribution >= 0.6 is 0 Å². The average molecular weight is 235 g/mol. The van der Waals surface area contributed by atoms with Crippen LogP contribution < -0.4 is 15.4 Å². The Morgan fingerprint density at radius 2 is 2.29 bits per heavy atom. The number of amides is 1. The van der Waals surface area contributed by atoms with E-state index in [4.69, 9.17) is 4.74 Å². The third-order valence-electron chi connectivity index (χ3n) is 2.61. The molecule has 1 aliphatic carbocycles. The van der Waals surface area contributed by atoms with Crippen LogP contribution in [0.5, 0.6) is 5.88 Å². The quantitative estimate of drug-likeness (QED) is 0.723. The van der Waals surface area contributed by atoms with Crippen molar-refractivity contribution in [1.82, 2.24) is 10.3 Å². The second kappa shape index (κ2) is 5.52. The highest BCUT2D eigenvalue weighted by Crippen LogP contribution is 2.28. The van der Waals surface area contributed by atoms with E-state index in [1.54, 1.807) is 13.2 Å². The van der Waals surface area contributed by atoms with Gasteiger partial charge >= 0.3 is 0 Å². The summed E-state index contributed by atoms with van der Waals surface area (Å²) in [4.78, 5) is 15.6. The van der Waals surface area contributed by atoms with Crippen LogP contribution in [-0.4, -0.2) is 31.1 Å². The summed E-state index contributed by atoms with van der Waals surface area (Å²) in [5.74, 6) is 1.78. The van der Waals surface area contributed by atoms with Crippen molar-refractivity contribution in [3.05, 3.63) is 18.2 Å². The van der Waals surface area contributed by atoms with E-state index in [1.807, 2.05) is 12.1 Å². The molecule has 1 saturated carbocycles. The van der Waals surface area contributed by atoms with Crippen molar-refractivity contribution in [3.63, 3.8) is 0 Å². The van der Waals surface area contributed by atoms with Crippen molar-refractivity contribution in [2.24, 2.45) is 5.92 Å². The summed E-state index contributed by atoms with van der Waals surface area (Å²) in [7, 11) is 1.59. The first-order chi connectivity index (χ1) is 8.29. The first-order valence-corrected chi connectivity index (χ1v) is 5.82. The molecule has 1 amide bonds. The lowest BCUT2D eigenvalue weighted by Gasteiger charge is -2.07. The number of carbonyl (C=O) groups is 1. The highest BCUT2D eigenvalue weighted by molar-refractivity contribution is 5.80. The van der Waals surface area contributed by atoms with Gasteiger partial charge in [-0.1, -0.05) is 6.07 Å². The first kappa shape index (κ1) is 11.7. The van der Waals surface area contributed by atoms with Crippen molar-refractivity contribution in [2.45, 2.75) is 12.8 Å². The van der Waals surface area contributed by atoms with Crippen LogP contribution in [0.1, 0.15) is 12.8 Å². The maximum atomic E-state index is 11.3. The summed E-state index contributed by atoms with van der Waals surface area (Å²) in [6.07, 6.45) is 2.08. The van der Waals surface area contributed by atoms with Crippen molar-refractivity contribution in [1.29, 1.82) is 0 Å². The van der Waals surface area contributed by atoms with Gasteiger partial charge in [-0.25, -0.2) is 0 Å². The second-order valence-electron chi connectivity index (χ2n) is 4.06. The van der Waals surface area contributed by atoms with Gasteiger partial charge in [-0.3, -0.25) is 4.79 Å². The number of pyridine rings is 1. The van der Waals surface area contributed by atoms with Gasteiger partial charge in [0.2, 0.25) is 11.8 Å². The molecule has 0 radical (unpaired) electrons. The Kier molecular flexibility index (Phi) is 3.80. The summed E-state index contributed by atoms with van der Waals surface area (Å²) in [6.45, 7) is 1.28. The zero-order valence-corrected chi connectivity index (χ0v) is 9.90. The monoisotopic (exact) mass is 235 g/mol. The fraction of sp³-hybridized carbons (Fsp3) is 0.500. The lowest BCUT2D eigenvalue weighted by Crippen LogP contribution is -2.29. The van der Waals surface area contributed by atoms with Gasteiger partial charge in [0.1, 0.15) is 5.82 Å². The first-order valence-electron chi connectivity index (χ1n) is 5.82. The van der Waals surface area contributed by atoms with E-state index in [1.165, 1.54) is 0 Å². The molecule has 2 N–H and O–H groups in total. The van der Waals surface area contributed by atoms with Gasteiger partial charge in [0.15, 0.2) is 0 Å². The fourth-order valence-electron chi connectivity index (χ4n) is 1.49. The summed E-state index contributed by atoms with van der Waals surface area (Å²) >= 11 is 0. The van der Waals surface area contributed by atoms with Crippen LogP contribution in [0.25, 0.3) is 0 Å². The van der Waals surface area contributed by atoms with Crippen LogP contribution in [-0.2, 0) is 4.79 Å². The molecule has 0 spiro atoms.